The van der Waals surface area contributed by atoms with E-state index in [0.29, 0.717) is 23.7 Å². The Kier molecular flexibility index (Phi) is 3.66. The first-order valence-electron chi connectivity index (χ1n) is 5.21. The van der Waals surface area contributed by atoms with E-state index >= 15 is 0 Å². The minimum absolute atomic E-state index is 0.100. The van der Waals surface area contributed by atoms with Crippen molar-refractivity contribution in [2.24, 2.45) is 4.99 Å². The Morgan fingerprint density at radius 3 is 3.12 bits per heavy atom. The molecule has 2 rings (SSSR count). The van der Waals surface area contributed by atoms with E-state index in [1.54, 1.807) is 25.5 Å². The second-order valence-corrected chi connectivity index (χ2v) is 4.04. The number of H-pyrrole nitrogens is 1. The van der Waals surface area contributed by atoms with Crippen LogP contribution < -0.4 is 0 Å². The molecular formula is C12H13ClN2O2. The van der Waals surface area contributed by atoms with Crippen molar-refractivity contribution in [3.05, 3.63) is 28.8 Å². The van der Waals surface area contributed by atoms with E-state index in [1.807, 2.05) is 6.07 Å². The Morgan fingerprint density at radius 1 is 1.53 bits per heavy atom. The van der Waals surface area contributed by atoms with Crippen LogP contribution in [0, 0.1) is 0 Å². The van der Waals surface area contributed by atoms with Gasteiger partial charge in [0.05, 0.1) is 18.7 Å². The quantitative estimate of drug-likeness (QED) is 0.649. The summed E-state index contributed by atoms with van der Waals surface area (Å²) in [5.74, 6) is 0.100. The van der Waals surface area contributed by atoms with E-state index in [-0.39, 0.29) is 5.88 Å². The first-order chi connectivity index (χ1) is 8.22. The Labute approximate surface area is 104 Å². The Hall–Kier alpha value is -1.52. The van der Waals surface area contributed by atoms with Crippen LogP contribution in [0.2, 0.25) is 5.02 Å². The second kappa shape index (κ2) is 5.21. The number of aromatic hydroxyl groups is 1. The zero-order chi connectivity index (χ0) is 12.3. The lowest BCUT2D eigenvalue weighted by molar-refractivity contribution is 0.208. The minimum atomic E-state index is 0.100. The number of aromatic nitrogens is 1. The van der Waals surface area contributed by atoms with Gasteiger partial charge in [-0.2, -0.15) is 0 Å². The summed E-state index contributed by atoms with van der Waals surface area (Å²) < 4.78 is 4.89. The molecule has 0 fully saturated rings. The standard InChI is InChI=1S/C12H13ClN2O2/c1-17-5-4-14-7-10-9-6-8(13)2-3-11(9)15-12(10)16/h2-3,6-7,15-16H,4-5H2,1H3. The number of rotatable bonds is 4. The molecule has 0 aliphatic rings. The van der Waals surface area contributed by atoms with Gasteiger partial charge < -0.3 is 14.8 Å². The first-order valence-corrected chi connectivity index (χ1v) is 5.59. The number of methoxy groups -OCH3 is 1. The molecule has 1 heterocycles. The summed E-state index contributed by atoms with van der Waals surface area (Å²) in [6.07, 6.45) is 1.63. The molecule has 17 heavy (non-hydrogen) atoms. The monoisotopic (exact) mass is 252 g/mol. The van der Waals surface area contributed by atoms with E-state index in [1.165, 1.54) is 0 Å². The van der Waals surface area contributed by atoms with E-state index in [9.17, 15) is 5.11 Å². The summed E-state index contributed by atoms with van der Waals surface area (Å²) in [4.78, 5) is 7.04. The van der Waals surface area contributed by atoms with Crippen LogP contribution in [-0.2, 0) is 4.74 Å². The second-order valence-electron chi connectivity index (χ2n) is 3.61. The molecule has 1 aromatic heterocycles. The Morgan fingerprint density at radius 2 is 2.35 bits per heavy atom. The van der Waals surface area contributed by atoms with Crippen molar-refractivity contribution in [2.75, 3.05) is 20.3 Å². The van der Waals surface area contributed by atoms with Crippen molar-refractivity contribution in [3.63, 3.8) is 0 Å². The van der Waals surface area contributed by atoms with Crippen molar-refractivity contribution in [2.45, 2.75) is 0 Å². The van der Waals surface area contributed by atoms with Crippen LogP contribution in [0.4, 0.5) is 0 Å². The highest BCUT2D eigenvalue weighted by Crippen LogP contribution is 2.27. The molecule has 0 aliphatic heterocycles. The highest BCUT2D eigenvalue weighted by atomic mass is 35.5. The average Bonchev–Trinajstić information content (AvgIpc) is 2.61. The van der Waals surface area contributed by atoms with Crippen molar-refractivity contribution < 1.29 is 9.84 Å². The van der Waals surface area contributed by atoms with Crippen LogP contribution in [0.15, 0.2) is 23.2 Å². The molecule has 1 aromatic carbocycles. The topological polar surface area (TPSA) is 57.6 Å². The molecule has 0 bridgehead atoms. The number of ether oxygens (including phenoxy) is 1. The lowest BCUT2D eigenvalue weighted by Crippen LogP contribution is -1.93. The number of nitrogens with zero attached hydrogens (tertiary/aromatic N) is 1. The minimum Gasteiger partial charge on any atom is -0.494 e. The maximum atomic E-state index is 9.76. The van der Waals surface area contributed by atoms with Gasteiger partial charge in [-0.25, -0.2) is 0 Å². The molecule has 0 amide bonds. The van der Waals surface area contributed by atoms with Gasteiger partial charge in [0.1, 0.15) is 0 Å². The Bertz CT molecular complexity index is 549. The highest BCUT2D eigenvalue weighted by Gasteiger charge is 2.08. The molecular weight excluding hydrogens is 240 g/mol. The maximum Gasteiger partial charge on any atom is 0.198 e. The molecule has 0 spiro atoms. The van der Waals surface area contributed by atoms with Crippen LogP contribution in [-0.4, -0.2) is 36.6 Å². The molecule has 5 heteroatoms. The summed E-state index contributed by atoms with van der Waals surface area (Å²) in [6.45, 7) is 1.11. The largest absolute Gasteiger partial charge is 0.494 e. The number of hydrogen-bond acceptors (Lipinski definition) is 3. The number of aromatic amines is 1. The summed E-state index contributed by atoms with van der Waals surface area (Å²) in [5, 5.41) is 11.2. The zero-order valence-corrected chi connectivity index (χ0v) is 10.2. The summed E-state index contributed by atoms with van der Waals surface area (Å²) in [7, 11) is 1.62. The van der Waals surface area contributed by atoms with Gasteiger partial charge in [-0.05, 0) is 18.2 Å². The number of aliphatic imine (C=N–C) groups is 1. The predicted molar refractivity (Wildman–Crippen MR) is 69.3 cm³/mol. The molecule has 90 valence electrons. The van der Waals surface area contributed by atoms with Gasteiger partial charge in [0, 0.05) is 29.2 Å². The van der Waals surface area contributed by atoms with Crippen LogP contribution >= 0.6 is 11.6 Å². The normalized spacial score (nSPS) is 11.6. The van der Waals surface area contributed by atoms with E-state index in [2.05, 4.69) is 9.98 Å². The number of hydrogen-bond donors (Lipinski definition) is 2. The van der Waals surface area contributed by atoms with Crippen LogP contribution in [0.25, 0.3) is 10.9 Å². The van der Waals surface area contributed by atoms with Gasteiger partial charge >= 0.3 is 0 Å². The fraction of sp³-hybridized carbons (Fsp3) is 0.250. The molecule has 2 N–H and O–H groups in total. The first kappa shape index (κ1) is 12.0. The van der Waals surface area contributed by atoms with Gasteiger partial charge in [0.2, 0.25) is 0 Å². The average molecular weight is 253 g/mol. The van der Waals surface area contributed by atoms with Gasteiger partial charge in [0.15, 0.2) is 5.88 Å². The van der Waals surface area contributed by atoms with E-state index in [0.717, 1.165) is 10.9 Å². The molecule has 2 aromatic rings. The summed E-state index contributed by atoms with van der Waals surface area (Å²) in [6, 6.07) is 5.39. The predicted octanol–water partition coefficient (Wildman–Crippen LogP) is 2.59. The third-order valence-corrected chi connectivity index (χ3v) is 2.66. The van der Waals surface area contributed by atoms with Crippen molar-refractivity contribution in [1.29, 1.82) is 0 Å². The number of nitrogens with one attached hydrogen (secondary N) is 1. The van der Waals surface area contributed by atoms with Gasteiger partial charge in [-0.1, -0.05) is 11.6 Å². The summed E-state index contributed by atoms with van der Waals surface area (Å²) >= 11 is 5.92. The van der Waals surface area contributed by atoms with Gasteiger partial charge in [0.25, 0.3) is 0 Å². The molecule has 0 saturated carbocycles. The molecule has 4 nitrogen and oxygen atoms in total. The fourth-order valence-corrected chi connectivity index (χ4v) is 1.77. The molecule has 0 radical (unpaired) electrons. The zero-order valence-electron chi connectivity index (χ0n) is 9.40. The third kappa shape index (κ3) is 2.60. The van der Waals surface area contributed by atoms with E-state index in [4.69, 9.17) is 16.3 Å². The van der Waals surface area contributed by atoms with Crippen molar-refractivity contribution in [3.8, 4) is 5.88 Å². The Balaban J connectivity index is 2.35. The lowest BCUT2D eigenvalue weighted by atomic mass is 10.2. The SMILES string of the molecule is COCCN=Cc1c(O)[nH]c2ccc(Cl)cc12. The molecule has 0 saturated heterocycles. The maximum absolute atomic E-state index is 9.76. The highest BCUT2D eigenvalue weighted by molar-refractivity contribution is 6.31. The van der Waals surface area contributed by atoms with E-state index < -0.39 is 0 Å². The van der Waals surface area contributed by atoms with Crippen LogP contribution in [0.3, 0.4) is 0 Å². The summed E-state index contributed by atoms with van der Waals surface area (Å²) in [5.41, 5.74) is 1.48. The number of halogens is 1. The molecule has 0 atom stereocenters. The van der Waals surface area contributed by atoms with Gasteiger partial charge in [-0.3, -0.25) is 4.99 Å². The number of fused-ring (bicyclic) bond motifs is 1. The van der Waals surface area contributed by atoms with Crippen LogP contribution in [0.5, 0.6) is 5.88 Å². The van der Waals surface area contributed by atoms with Crippen molar-refractivity contribution in [1.82, 2.24) is 4.98 Å². The number of benzene rings is 1. The molecule has 0 aliphatic carbocycles. The lowest BCUT2D eigenvalue weighted by Gasteiger charge is -1.94. The fourth-order valence-electron chi connectivity index (χ4n) is 1.60. The third-order valence-electron chi connectivity index (χ3n) is 2.42. The van der Waals surface area contributed by atoms with Crippen molar-refractivity contribution >= 4 is 28.7 Å². The van der Waals surface area contributed by atoms with Gasteiger partial charge in [-0.15, -0.1) is 0 Å². The smallest absolute Gasteiger partial charge is 0.198 e. The van der Waals surface area contributed by atoms with Crippen LogP contribution in [0.1, 0.15) is 5.56 Å². The molecule has 0 unspecified atom stereocenters.